The first kappa shape index (κ1) is 14.4. The fraction of sp³-hybridized carbons (Fsp3) is 0.188. The first-order valence-electron chi connectivity index (χ1n) is 6.62. The quantitative estimate of drug-likeness (QED) is 0.885. The van der Waals surface area contributed by atoms with Crippen molar-refractivity contribution < 1.29 is 9.18 Å². The molecule has 1 amide bonds. The van der Waals surface area contributed by atoms with Gasteiger partial charge in [-0.2, -0.15) is 0 Å². The van der Waals surface area contributed by atoms with Crippen LogP contribution in [0.15, 0.2) is 47.4 Å². The smallest absolute Gasteiger partial charge is 0.251 e. The maximum atomic E-state index is 13.4. The van der Waals surface area contributed by atoms with E-state index in [4.69, 9.17) is 11.6 Å². The minimum absolute atomic E-state index is 0.153. The summed E-state index contributed by atoms with van der Waals surface area (Å²) in [5.74, 6) is 0.463. The van der Waals surface area contributed by atoms with Crippen LogP contribution < -0.4 is 5.32 Å². The van der Waals surface area contributed by atoms with E-state index in [-0.39, 0.29) is 17.8 Å². The zero-order chi connectivity index (χ0) is 14.8. The van der Waals surface area contributed by atoms with Crippen LogP contribution in [0.2, 0.25) is 5.02 Å². The van der Waals surface area contributed by atoms with Crippen molar-refractivity contribution in [2.24, 2.45) is 0 Å². The fourth-order valence-corrected chi connectivity index (χ4v) is 3.59. The van der Waals surface area contributed by atoms with Gasteiger partial charge in [-0.15, -0.1) is 11.8 Å². The summed E-state index contributed by atoms with van der Waals surface area (Å²) in [7, 11) is 0. The van der Waals surface area contributed by atoms with E-state index in [1.807, 2.05) is 0 Å². The van der Waals surface area contributed by atoms with Gasteiger partial charge in [0.1, 0.15) is 5.82 Å². The molecule has 2 nitrogen and oxygen atoms in total. The lowest BCUT2D eigenvalue weighted by atomic mass is 10.0. The lowest BCUT2D eigenvalue weighted by Gasteiger charge is -2.26. The molecule has 1 atom stereocenters. The maximum absolute atomic E-state index is 13.4. The monoisotopic (exact) mass is 321 g/mol. The van der Waals surface area contributed by atoms with Crippen molar-refractivity contribution in [3.8, 4) is 0 Å². The number of carbonyl (C=O) groups excluding carboxylic acids is 1. The maximum Gasteiger partial charge on any atom is 0.251 e. The van der Waals surface area contributed by atoms with Gasteiger partial charge >= 0.3 is 0 Å². The summed E-state index contributed by atoms with van der Waals surface area (Å²) in [6.07, 6.45) is 0.792. The molecule has 0 unspecified atom stereocenters. The number of fused-ring (bicyclic) bond motifs is 1. The van der Waals surface area contributed by atoms with Crippen molar-refractivity contribution in [3.05, 3.63) is 64.4 Å². The lowest BCUT2D eigenvalue weighted by Crippen LogP contribution is -2.30. The zero-order valence-electron chi connectivity index (χ0n) is 11.1. The second-order valence-electron chi connectivity index (χ2n) is 4.85. The van der Waals surface area contributed by atoms with Crippen molar-refractivity contribution in [2.75, 3.05) is 5.75 Å². The van der Waals surface area contributed by atoms with Crippen LogP contribution in [0.1, 0.15) is 28.4 Å². The molecule has 0 saturated heterocycles. The minimum Gasteiger partial charge on any atom is -0.345 e. The van der Waals surface area contributed by atoms with Crippen molar-refractivity contribution in [1.29, 1.82) is 0 Å². The molecule has 2 aromatic carbocycles. The van der Waals surface area contributed by atoms with Crippen LogP contribution >= 0.6 is 23.4 Å². The standard InChI is InChI=1S/C16H13ClFNOS/c17-11-3-1-10(2-4-11)16(20)19-14-7-8-21-15-6-5-12(18)9-13(14)15/h1-6,9,14H,7-8H2,(H,19,20)/t14-/m1/s1. The molecule has 108 valence electrons. The van der Waals surface area contributed by atoms with E-state index in [1.165, 1.54) is 12.1 Å². The molecule has 5 heteroatoms. The van der Waals surface area contributed by atoms with Crippen molar-refractivity contribution >= 4 is 29.3 Å². The number of benzene rings is 2. The van der Waals surface area contributed by atoms with E-state index in [1.54, 1.807) is 42.1 Å². The Balaban J connectivity index is 1.81. The van der Waals surface area contributed by atoms with E-state index < -0.39 is 0 Å². The Morgan fingerprint density at radius 2 is 2.00 bits per heavy atom. The average Bonchev–Trinajstić information content (AvgIpc) is 2.48. The molecule has 1 aliphatic rings. The number of nitrogens with one attached hydrogen (secondary N) is 1. The van der Waals surface area contributed by atoms with Crippen LogP contribution in [-0.4, -0.2) is 11.7 Å². The van der Waals surface area contributed by atoms with Crippen molar-refractivity contribution in [2.45, 2.75) is 17.4 Å². The van der Waals surface area contributed by atoms with Crippen molar-refractivity contribution in [1.82, 2.24) is 5.32 Å². The molecule has 3 rings (SSSR count). The largest absolute Gasteiger partial charge is 0.345 e. The summed E-state index contributed by atoms with van der Waals surface area (Å²) < 4.78 is 13.4. The topological polar surface area (TPSA) is 29.1 Å². The highest BCUT2D eigenvalue weighted by atomic mass is 35.5. The summed E-state index contributed by atoms with van der Waals surface area (Å²) in [6.45, 7) is 0. The minimum atomic E-state index is -0.276. The molecule has 21 heavy (non-hydrogen) atoms. The highest BCUT2D eigenvalue weighted by Crippen LogP contribution is 2.36. The summed E-state index contributed by atoms with van der Waals surface area (Å²) >= 11 is 7.51. The number of carbonyl (C=O) groups is 1. The molecule has 0 spiro atoms. The number of thioether (sulfide) groups is 1. The number of hydrogen-bond acceptors (Lipinski definition) is 2. The number of amides is 1. The fourth-order valence-electron chi connectivity index (χ4n) is 2.36. The lowest BCUT2D eigenvalue weighted by molar-refractivity contribution is 0.0935. The van der Waals surface area contributed by atoms with Gasteiger partial charge in [-0.1, -0.05) is 11.6 Å². The van der Waals surface area contributed by atoms with Gasteiger partial charge in [0.15, 0.2) is 0 Å². The molecule has 2 aromatic rings. The molecule has 1 N–H and O–H groups in total. The highest BCUT2D eigenvalue weighted by Gasteiger charge is 2.23. The summed E-state index contributed by atoms with van der Waals surface area (Å²) in [4.78, 5) is 13.3. The molecule has 0 aromatic heterocycles. The molecule has 1 aliphatic heterocycles. The van der Waals surface area contributed by atoms with Crippen LogP contribution in [0.25, 0.3) is 0 Å². The van der Waals surface area contributed by atoms with Gasteiger partial charge in [0.25, 0.3) is 5.91 Å². The second-order valence-corrected chi connectivity index (χ2v) is 6.43. The Hall–Kier alpha value is -1.52. The molecular formula is C16H13ClFNOS. The third kappa shape index (κ3) is 3.22. The van der Waals surface area contributed by atoms with Gasteiger partial charge in [0.2, 0.25) is 0 Å². The summed E-state index contributed by atoms with van der Waals surface area (Å²) in [5.41, 5.74) is 1.41. The van der Waals surface area contributed by atoms with Crippen LogP contribution in [0.3, 0.4) is 0 Å². The van der Waals surface area contributed by atoms with E-state index in [0.717, 1.165) is 22.6 Å². The number of halogens is 2. The van der Waals surface area contributed by atoms with Crippen molar-refractivity contribution in [3.63, 3.8) is 0 Å². The zero-order valence-corrected chi connectivity index (χ0v) is 12.7. The Morgan fingerprint density at radius 3 is 2.76 bits per heavy atom. The van der Waals surface area contributed by atoms with Gasteiger partial charge in [-0.3, -0.25) is 4.79 Å². The Morgan fingerprint density at radius 1 is 1.24 bits per heavy atom. The third-order valence-corrected chi connectivity index (χ3v) is 4.80. The SMILES string of the molecule is O=C(N[C@@H]1CCSc2ccc(F)cc21)c1ccc(Cl)cc1. The predicted molar refractivity (Wildman–Crippen MR) is 83.4 cm³/mol. The number of hydrogen-bond donors (Lipinski definition) is 1. The average molecular weight is 322 g/mol. The Kier molecular flexibility index (Phi) is 4.17. The van der Waals surface area contributed by atoms with Gasteiger partial charge < -0.3 is 5.32 Å². The first-order chi connectivity index (χ1) is 10.1. The molecule has 0 radical (unpaired) electrons. The second kappa shape index (κ2) is 6.08. The van der Waals surface area contributed by atoms with Gasteiger partial charge in [0.05, 0.1) is 6.04 Å². The third-order valence-electron chi connectivity index (χ3n) is 3.42. The highest BCUT2D eigenvalue weighted by molar-refractivity contribution is 7.99. The molecule has 0 fully saturated rings. The Bertz CT molecular complexity index is 674. The van der Waals surface area contributed by atoms with Gasteiger partial charge in [0, 0.05) is 21.2 Å². The molecule has 0 bridgehead atoms. The van der Waals surface area contributed by atoms with Crippen LogP contribution in [0.5, 0.6) is 0 Å². The summed E-state index contributed by atoms with van der Waals surface area (Å²) in [5, 5.41) is 3.57. The molecule has 1 heterocycles. The van der Waals surface area contributed by atoms with Gasteiger partial charge in [-0.25, -0.2) is 4.39 Å². The van der Waals surface area contributed by atoms with Gasteiger partial charge in [-0.05, 0) is 54.4 Å². The number of rotatable bonds is 2. The van der Waals surface area contributed by atoms with E-state index >= 15 is 0 Å². The first-order valence-corrected chi connectivity index (χ1v) is 7.98. The van der Waals surface area contributed by atoms with Crippen LogP contribution in [-0.2, 0) is 0 Å². The van der Waals surface area contributed by atoms with E-state index in [2.05, 4.69) is 5.32 Å². The normalized spacial score (nSPS) is 17.1. The molecular weight excluding hydrogens is 309 g/mol. The summed E-state index contributed by atoms with van der Waals surface area (Å²) in [6, 6.07) is 11.3. The Labute approximate surface area is 131 Å². The molecule has 0 aliphatic carbocycles. The van der Waals surface area contributed by atoms with Crippen LogP contribution in [0, 0.1) is 5.82 Å². The predicted octanol–water partition coefficient (Wildman–Crippen LogP) is 4.45. The molecule has 0 saturated carbocycles. The van der Waals surface area contributed by atoms with E-state index in [9.17, 15) is 9.18 Å². The van der Waals surface area contributed by atoms with E-state index in [0.29, 0.717) is 10.6 Å². The van der Waals surface area contributed by atoms with Crippen LogP contribution in [0.4, 0.5) is 4.39 Å².